The van der Waals surface area contributed by atoms with Gasteiger partial charge in [0.2, 0.25) is 10.0 Å². The molecular weight excluding hydrogens is 442 g/mol. The molecule has 1 aromatic heterocycles. The van der Waals surface area contributed by atoms with Gasteiger partial charge in [-0.15, -0.1) is 0 Å². The summed E-state index contributed by atoms with van der Waals surface area (Å²) in [5.74, 6) is 2.49. The van der Waals surface area contributed by atoms with Gasteiger partial charge in [0.1, 0.15) is 22.2 Å². The van der Waals surface area contributed by atoms with Gasteiger partial charge in [-0.25, -0.2) is 13.4 Å². The molecule has 0 N–H and O–H groups in total. The molecule has 0 bridgehead atoms. The third kappa shape index (κ3) is 5.40. The molecule has 0 unspecified atom stereocenters. The summed E-state index contributed by atoms with van der Waals surface area (Å²) in [6.07, 6.45) is 1.50. The zero-order valence-electron chi connectivity index (χ0n) is 19.6. The Morgan fingerprint density at radius 3 is 2.24 bits per heavy atom. The molecule has 3 heterocycles. The second kappa shape index (κ2) is 10.3. The highest BCUT2D eigenvalue weighted by Gasteiger charge is 2.28. The summed E-state index contributed by atoms with van der Waals surface area (Å²) in [5, 5.41) is 0. The number of likely N-dealkylation sites (N-methyl/N-ethyl adjacent to an activating group) is 1. The van der Waals surface area contributed by atoms with Crippen molar-refractivity contribution in [1.82, 2.24) is 19.1 Å². The number of ether oxygens (including phenoxy) is 2. The Hall–Kier alpha value is -2.40. The minimum absolute atomic E-state index is 0.263. The second-order valence-corrected chi connectivity index (χ2v) is 10.4. The number of sulfonamides is 1. The number of benzene rings is 1. The highest BCUT2D eigenvalue weighted by Crippen LogP contribution is 2.26. The van der Waals surface area contributed by atoms with E-state index in [-0.39, 0.29) is 4.90 Å². The molecule has 0 saturated carbocycles. The topological polar surface area (TPSA) is 78.5 Å². The van der Waals surface area contributed by atoms with E-state index in [9.17, 15) is 8.42 Å². The smallest absolute Gasteiger partial charge is 0.244 e. The fraction of sp³-hybridized carbons (Fsp3) is 0.522. The summed E-state index contributed by atoms with van der Waals surface area (Å²) in [4.78, 5) is 11.5. The Morgan fingerprint density at radius 1 is 0.909 bits per heavy atom. The van der Waals surface area contributed by atoms with Crippen molar-refractivity contribution in [3.8, 4) is 11.5 Å². The third-order valence-electron chi connectivity index (χ3n) is 6.40. The Morgan fingerprint density at radius 2 is 1.64 bits per heavy atom. The lowest BCUT2D eigenvalue weighted by Crippen LogP contribution is -2.47. The molecule has 2 saturated heterocycles. The first-order valence-electron chi connectivity index (χ1n) is 11.2. The highest BCUT2D eigenvalue weighted by molar-refractivity contribution is 7.89. The lowest BCUT2D eigenvalue weighted by molar-refractivity contribution is 0.222. The van der Waals surface area contributed by atoms with Crippen molar-refractivity contribution < 1.29 is 17.9 Å². The molecule has 9 nitrogen and oxygen atoms in total. The van der Waals surface area contributed by atoms with E-state index in [1.165, 1.54) is 6.20 Å². The van der Waals surface area contributed by atoms with E-state index >= 15 is 0 Å². The quantitative estimate of drug-likeness (QED) is 0.594. The second-order valence-electron chi connectivity index (χ2n) is 8.50. The maximum Gasteiger partial charge on any atom is 0.244 e. The number of aromatic nitrogens is 1. The first kappa shape index (κ1) is 23.7. The van der Waals surface area contributed by atoms with E-state index in [0.717, 1.165) is 68.7 Å². The van der Waals surface area contributed by atoms with E-state index < -0.39 is 10.0 Å². The minimum atomic E-state index is -3.49. The first-order valence-corrected chi connectivity index (χ1v) is 12.7. The van der Waals surface area contributed by atoms with Gasteiger partial charge >= 0.3 is 0 Å². The number of hydrogen-bond acceptors (Lipinski definition) is 8. The van der Waals surface area contributed by atoms with Crippen LogP contribution in [0.4, 0.5) is 5.82 Å². The van der Waals surface area contributed by atoms with E-state index in [1.807, 2.05) is 31.3 Å². The van der Waals surface area contributed by atoms with Crippen LogP contribution in [0.3, 0.4) is 0 Å². The van der Waals surface area contributed by atoms with Crippen molar-refractivity contribution in [3.05, 3.63) is 42.1 Å². The number of hydrogen-bond donors (Lipinski definition) is 0. The van der Waals surface area contributed by atoms with Gasteiger partial charge in [0.15, 0.2) is 0 Å². The van der Waals surface area contributed by atoms with Crippen LogP contribution in [-0.4, -0.2) is 101 Å². The largest absolute Gasteiger partial charge is 0.497 e. The molecule has 1 aromatic carbocycles. The first-order chi connectivity index (χ1) is 15.9. The molecule has 0 atom stereocenters. The van der Waals surface area contributed by atoms with Crippen LogP contribution in [-0.2, 0) is 16.6 Å². The van der Waals surface area contributed by atoms with Gasteiger partial charge in [-0.3, -0.25) is 4.90 Å². The van der Waals surface area contributed by atoms with Crippen molar-refractivity contribution >= 4 is 15.8 Å². The molecule has 0 aliphatic carbocycles. The fourth-order valence-electron chi connectivity index (χ4n) is 4.27. The number of anilines is 1. The van der Waals surface area contributed by atoms with Gasteiger partial charge in [0.05, 0.1) is 14.2 Å². The zero-order chi connectivity index (χ0) is 23.4. The van der Waals surface area contributed by atoms with Crippen molar-refractivity contribution in [2.24, 2.45) is 0 Å². The van der Waals surface area contributed by atoms with Crippen LogP contribution in [0.25, 0.3) is 0 Å². The highest BCUT2D eigenvalue weighted by atomic mass is 32.2. The van der Waals surface area contributed by atoms with Crippen LogP contribution in [0.2, 0.25) is 0 Å². The van der Waals surface area contributed by atoms with Crippen LogP contribution in [0.15, 0.2) is 41.4 Å². The van der Waals surface area contributed by atoms with Crippen LogP contribution < -0.4 is 14.4 Å². The molecule has 0 radical (unpaired) electrons. The molecule has 2 aliphatic heterocycles. The zero-order valence-corrected chi connectivity index (χ0v) is 20.4. The number of rotatable bonds is 7. The average molecular weight is 476 g/mol. The molecule has 0 amide bonds. The van der Waals surface area contributed by atoms with E-state index in [1.54, 1.807) is 24.6 Å². The summed E-state index contributed by atoms with van der Waals surface area (Å²) >= 11 is 0. The van der Waals surface area contributed by atoms with Gasteiger partial charge in [-0.2, -0.15) is 4.31 Å². The molecule has 180 valence electrons. The Balaban J connectivity index is 1.36. The summed E-state index contributed by atoms with van der Waals surface area (Å²) in [5.41, 5.74) is 1.10. The SMILES string of the molecule is COc1ccc(OC)c(CN2CCN(c3ccc(S(=O)(=O)N4CCN(C)CC4)cn3)CC2)c1. The van der Waals surface area contributed by atoms with Gasteiger partial charge in [0, 0.05) is 70.7 Å². The molecular formula is C23H33N5O4S. The van der Waals surface area contributed by atoms with Crippen LogP contribution in [0.1, 0.15) is 5.56 Å². The number of pyridine rings is 1. The molecule has 2 fully saturated rings. The van der Waals surface area contributed by atoms with Crippen molar-refractivity contribution in [2.45, 2.75) is 11.4 Å². The maximum atomic E-state index is 12.9. The lowest BCUT2D eigenvalue weighted by atomic mass is 10.1. The van der Waals surface area contributed by atoms with E-state index in [0.29, 0.717) is 13.1 Å². The van der Waals surface area contributed by atoms with Crippen molar-refractivity contribution in [2.75, 3.05) is 78.5 Å². The van der Waals surface area contributed by atoms with Crippen molar-refractivity contribution in [3.63, 3.8) is 0 Å². The van der Waals surface area contributed by atoms with E-state index in [2.05, 4.69) is 19.7 Å². The Kier molecular flexibility index (Phi) is 7.38. The molecule has 0 spiro atoms. The minimum Gasteiger partial charge on any atom is -0.497 e. The summed E-state index contributed by atoms with van der Waals surface area (Å²) in [7, 11) is 1.86. The standard InChI is InChI=1S/C23H33N5O4S/c1-25-8-14-28(15-9-25)33(29,30)21-5-7-23(24-17-21)27-12-10-26(11-13-27)18-19-16-20(31-2)4-6-22(19)32-3/h4-7,16-17H,8-15,18H2,1-3H3. The van der Waals surface area contributed by atoms with Crippen LogP contribution in [0.5, 0.6) is 11.5 Å². The van der Waals surface area contributed by atoms with E-state index in [4.69, 9.17) is 9.47 Å². The predicted octanol–water partition coefficient (Wildman–Crippen LogP) is 1.36. The van der Waals surface area contributed by atoms with Gasteiger partial charge in [0.25, 0.3) is 0 Å². The maximum absolute atomic E-state index is 12.9. The predicted molar refractivity (Wildman–Crippen MR) is 128 cm³/mol. The molecule has 2 aliphatic rings. The summed E-state index contributed by atoms with van der Waals surface area (Å²) in [6.45, 7) is 6.71. The van der Waals surface area contributed by atoms with Gasteiger partial charge in [-0.1, -0.05) is 0 Å². The summed E-state index contributed by atoms with van der Waals surface area (Å²) in [6, 6.07) is 9.37. The lowest BCUT2D eigenvalue weighted by Gasteiger charge is -2.35. The normalized spacial score (nSPS) is 18.9. The van der Waals surface area contributed by atoms with Gasteiger partial charge < -0.3 is 19.3 Å². The monoisotopic (exact) mass is 475 g/mol. The third-order valence-corrected chi connectivity index (χ3v) is 8.28. The van der Waals surface area contributed by atoms with Gasteiger partial charge in [-0.05, 0) is 37.4 Å². The molecule has 10 heteroatoms. The number of piperazine rings is 2. The molecule has 2 aromatic rings. The van der Waals surface area contributed by atoms with Crippen molar-refractivity contribution in [1.29, 1.82) is 0 Å². The van der Waals surface area contributed by atoms with Crippen LogP contribution in [0, 0.1) is 0 Å². The van der Waals surface area contributed by atoms with Crippen LogP contribution >= 0.6 is 0 Å². The number of nitrogens with zero attached hydrogens (tertiary/aromatic N) is 5. The summed E-state index contributed by atoms with van der Waals surface area (Å²) < 4.78 is 38.3. The molecule has 4 rings (SSSR count). The Labute approximate surface area is 196 Å². The average Bonchev–Trinajstić information content (AvgIpc) is 2.85. The molecule has 33 heavy (non-hydrogen) atoms. The number of methoxy groups -OCH3 is 2. The fourth-order valence-corrected chi connectivity index (χ4v) is 5.64. The Bertz CT molecular complexity index is 1030.